The van der Waals surface area contributed by atoms with E-state index in [0.717, 1.165) is 5.56 Å². The number of hydroxylamine groups is 2. The fourth-order valence-electron chi connectivity index (χ4n) is 2.34. The second-order valence-electron chi connectivity index (χ2n) is 6.19. The predicted molar refractivity (Wildman–Crippen MR) is 76.5 cm³/mol. The lowest BCUT2D eigenvalue weighted by Gasteiger charge is -2.34. The van der Waals surface area contributed by atoms with Gasteiger partial charge >= 0.3 is 6.16 Å². The van der Waals surface area contributed by atoms with E-state index >= 15 is 0 Å². The van der Waals surface area contributed by atoms with Gasteiger partial charge in [-0.05, 0) is 38.8 Å². The first kappa shape index (κ1) is 15.7. The second kappa shape index (κ2) is 6.41. The Bertz CT molecular complexity index is 472. The van der Waals surface area contributed by atoms with Crippen molar-refractivity contribution in [2.24, 2.45) is 0 Å². The van der Waals surface area contributed by atoms with Crippen LogP contribution in [-0.4, -0.2) is 46.1 Å². The predicted octanol–water partition coefficient (Wildman–Crippen LogP) is 2.10. The maximum atomic E-state index is 11.6. The number of hydrogen-bond acceptors (Lipinski definition) is 6. The molecule has 0 saturated carbocycles. The van der Waals surface area contributed by atoms with Crippen LogP contribution < -0.4 is 0 Å². The number of carbonyl (C=O) groups excluding carboxylic acids is 1. The number of piperidine rings is 1. The van der Waals surface area contributed by atoms with Crippen molar-refractivity contribution in [3.63, 3.8) is 0 Å². The fraction of sp³-hybridized carbons (Fsp3) is 0.600. The number of aliphatic hydroxyl groups is 1. The van der Waals surface area contributed by atoms with Crippen LogP contribution in [0.3, 0.4) is 0 Å². The average molecular weight is 294 g/mol. The summed E-state index contributed by atoms with van der Waals surface area (Å²) in [4.78, 5) is 20.8. The summed E-state index contributed by atoms with van der Waals surface area (Å²) in [6, 6.07) is 3.80. The highest BCUT2D eigenvalue weighted by Gasteiger charge is 2.31. The summed E-state index contributed by atoms with van der Waals surface area (Å²) < 4.78 is 5.09. The minimum Gasteiger partial charge on any atom is -0.427 e. The molecule has 1 aromatic rings. The molecule has 2 heterocycles. The van der Waals surface area contributed by atoms with E-state index in [1.54, 1.807) is 33.2 Å². The number of pyridine rings is 1. The molecular weight excluding hydrogens is 272 g/mol. The van der Waals surface area contributed by atoms with Crippen molar-refractivity contribution in [2.75, 3.05) is 13.1 Å². The van der Waals surface area contributed by atoms with E-state index in [1.165, 1.54) is 5.06 Å². The average Bonchev–Trinajstić information content (AvgIpc) is 2.37. The number of β-amino-alcohol motifs (C(OH)–C–C–N with tert-alkyl or cyclic N) is 1. The maximum absolute atomic E-state index is 11.6. The molecule has 0 spiro atoms. The molecule has 1 saturated heterocycles. The molecule has 0 bridgehead atoms. The molecule has 6 heteroatoms. The van der Waals surface area contributed by atoms with Crippen LogP contribution >= 0.6 is 0 Å². The number of carbonyl (C=O) groups is 1. The van der Waals surface area contributed by atoms with Gasteiger partial charge in [0.2, 0.25) is 0 Å². The molecule has 1 N–H and O–H groups in total. The Hall–Kier alpha value is -1.66. The third kappa shape index (κ3) is 4.68. The molecule has 0 amide bonds. The number of nitrogens with zero attached hydrogens (tertiary/aromatic N) is 2. The van der Waals surface area contributed by atoms with Gasteiger partial charge < -0.3 is 14.7 Å². The van der Waals surface area contributed by atoms with Gasteiger partial charge in [0.25, 0.3) is 0 Å². The van der Waals surface area contributed by atoms with E-state index in [2.05, 4.69) is 4.98 Å². The smallest absolute Gasteiger partial charge is 0.427 e. The zero-order chi connectivity index (χ0) is 15.5. The molecule has 2 rings (SSSR count). The van der Waals surface area contributed by atoms with E-state index in [9.17, 15) is 9.90 Å². The Morgan fingerprint density at radius 1 is 1.48 bits per heavy atom. The molecule has 1 aliphatic heterocycles. The zero-order valence-corrected chi connectivity index (χ0v) is 12.7. The first-order valence-electron chi connectivity index (χ1n) is 7.09. The van der Waals surface area contributed by atoms with E-state index in [-0.39, 0.29) is 12.5 Å². The Balaban J connectivity index is 1.88. The van der Waals surface area contributed by atoms with Crippen LogP contribution in [0.1, 0.15) is 38.7 Å². The van der Waals surface area contributed by atoms with Crippen molar-refractivity contribution in [2.45, 2.75) is 44.8 Å². The molecule has 2 atom stereocenters. The van der Waals surface area contributed by atoms with Gasteiger partial charge in [-0.25, -0.2) is 4.79 Å². The molecule has 1 fully saturated rings. The molecule has 0 aromatic carbocycles. The Labute approximate surface area is 124 Å². The summed E-state index contributed by atoms with van der Waals surface area (Å²) in [6.45, 7) is 6.14. The van der Waals surface area contributed by atoms with Crippen LogP contribution in [0.2, 0.25) is 0 Å². The lowest BCUT2D eigenvalue weighted by molar-refractivity contribution is -0.170. The van der Waals surface area contributed by atoms with Crippen molar-refractivity contribution in [3.05, 3.63) is 30.1 Å². The molecule has 1 aromatic heterocycles. The van der Waals surface area contributed by atoms with Crippen molar-refractivity contribution < 1.29 is 19.5 Å². The van der Waals surface area contributed by atoms with E-state index < -0.39 is 17.9 Å². The van der Waals surface area contributed by atoms with Crippen molar-refractivity contribution in [1.82, 2.24) is 10.0 Å². The van der Waals surface area contributed by atoms with Crippen LogP contribution in [0.5, 0.6) is 0 Å². The summed E-state index contributed by atoms with van der Waals surface area (Å²) in [5, 5.41) is 11.7. The van der Waals surface area contributed by atoms with Gasteiger partial charge in [-0.1, -0.05) is 6.07 Å². The molecule has 1 aliphatic rings. The van der Waals surface area contributed by atoms with Gasteiger partial charge in [-0.2, -0.15) is 0 Å². The van der Waals surface area contributed by atoms with Gasteiger partial charge in [0.1, 0.15) is 5.60 Å². The topological polar surface area (TPSA) is 71.9 Å². The van der Waals surface area contributed by atoms with E-state index in [0.29, 0.717) is 13.0 Å². The van der Waals surface area contributed by atoms with Crippen molar-refractivity contribution in [3.8, 4) is 0 Å². The molecule has 6 nitrogen and oxygen atoms in total. The second-order valence-corrected chi connectivity index (χ2v) is 6.19. The highest BCUT2D eigenvalue weighted by molar-refractivity contribution is 5.60. The van der Waals surface area contributed by atoms with E-state index in [1.807, 2.05) is 12.1 Å². The highest BCUT2D eigenvalue weighted by Crippen LogP contribution is 2.28. The summed E-state index contributed by atoms with van der Waals surface area (Å²) in [5.41, 5.74) is 0.408. The Morgan fingerprint density at radius 3 is 2.81 bits per heavy atom. The van der Waals surface area contributed by atoms with Crippen LogP contribution in [0.25, 0.3) is 0 Å². The molecule has 0 radical (unpaired) electrons. The highest BCUT2D eigenvalue weighted by atomic mass is 16.8. The molecule has 0 aliphatic carbocycles. The Kier molecular flexibility index (Phi) is 4.80. The summed E-state index contributed by atoms with van der Waals surface area (Å²) in [6.07, 6.45) is 2.81. The number of hydrogen-bond donors (Lipinski definition) is 1. The minimum atomic E-state index is -0.741. The number of aromatic nitrogens is 1. The normalized spacial score (nSPS) is 23.6. The van der Waals surface area contributed by atoms with Crippen LogP contribution in [0, 0.1) is 0 Å². The lowest BCUT2D eigenvalue weighted by Crippen LogP contribution is -2.44. The van der Waals surface area contributed by atoms with Gasteiger partial charge in [0.15, 0.2) is 0 Å². The van der Waals surface area contributed by atoms with Crippen LogP contribution in [-0.2, 0) is 9.57 Å². The quantitative estimate of drug-likeness (QED) is 0.842. The van der Waals surface area contributed by atoms with E-state index in [4.69, 9.17) is 9.57 Å². The van der Waals surface area contributed by atoms with Gasteiger partial charge in [-0.15, -0.1) is 5.06 Å². The first-order valence-corrected chi connectivity index (χ1v) is 7.09. The number of aliphatic hydroxyl groups excluding tert-OH is 1. The standard InChI is InChI=1S/C15H22N2O4/c1-15(2,3)20-14(19)21-17-8-6-12(13(18)10-17)11-5-4-7-16-9-11/h4-5,7,9,12-13,18H,6,8,10H2,1-3H3. The molecular formula is C15H22N2O4. The molecule has 116 valence electrons. The lowest BCUT2D eigenvalue weighted by atomic mass is 9.89. The van der Waals surface area contributed by atoms with Crippen molar-refractivity contribution >= 4 is 6.16 Å². The van der Waals surface area contributed by atoms with Crippen LogP contribution in [0.4, 0.5) is 4.79 Å². The fourth-order valence-corrected chi connectivity index (χ4v) is 2.34. The summed E-state index contributed by atoms with van der Waals surface area (Å²) in [7, 11) is 0. The third-order valence-corrected chi connectivity index (χ3v) is 3.25. The minimum absolute atomic E-state index is 0.0113. The van der Waals surface area contributed by atoms with Gasteiger partial charge in [0.05, 0.1) is 12.6 Å². The molecule has 2 unspecified atom stereocenters. The zero-order valence-electron chi connectivity index (χ0n) is 12.7. The SMILES string of the molecule is CC(C)(C)OC(=O)ON1CCC(c2cccnc2)C(O)C1. The van der Waals surface area contributed by atoms with Crippen LogP contribution in [0.15, 0.2) is 24.5 Å². The van der Waals surface area contributed by atoms with Crippen molar-refractivity contribution in [1.29, 1.82) is 0 Å². The summed E-state index contributed by atoms with van der Waals surface area (Å²) in [5.74, 6) is 0.0113. The first-order chi connectivity index (χ1) is 9.85. The number of rotatable bonds is 2. The monoisotopic (exact) mass is 294 g/mol. The van der Waals surface area contributed by atoms with Gasteiger partial charge in [-0.3, -0.25) is 4.98 Å². The Morgan fingerprint density at radius 2 is 2.24 bits per heavy atom. The van der Waals surface area contributed by atoms with Gasteiger partial charge in [0, 0.05) is 24.9 Å². The largest absolute Gasteiger partial charge is 0.528 e. The summed E-state index contributed by atoms with van der Waals surface area (Å²) >= 11 is 0. The number of ether oxygens (including phenoxy) is 1. The molecule has 21 heavy (non-hydrogen) atoms. The maximum Gasteiger partial charge on any atom is 0.528 e. The third-order valence-electron chi connectivity index (χ3n) is 3.25.